The summed E-state index contributed by atoms with van der Waals surface area (Å²) in [6.45, 7) is 6.44. The topological polar surface area (TPSA) is 155 Å². The maximum atomic E-state index is 15.8. The van der Waals surface area contributed by atoms with E-state index in [1.54, 1.807) is 0 Å². The number of hydrogen-bond acceptors (Lipinski definition) is 12. The largest absolute Gasteiger partial charge is 0.480 e. The van der Waals surface area contributed by atoms with Gasteiger partial charge in [-0.3, -0.25) is 29.3 Å². The number of imide groups is 1. The number of halogens is 4. The van der Waals surface area contributed by atoms with Crippen LogP contribution in [0.15, 0.2) is 41.3 Å². The number of nitrogens with one attached hydrogen (secondary N) is 3. The number of aromatic nitrogens is 5. The fourth-order valence-corrected chi connectivity index (χ4v) is 10.0. The van der Waals surface area contributed by atoms with Crippen LogP contribution < -0.4 is 36.0 Å². The van der Waals surface area contributed by atoms with Gasteiger partial charge in [0, 0.05) is 88.4 Å². The number of benzene rings is 2. The maximum Gasteiger partial charge on any atom is 0.301 e. The summed E-state index contributed by atoms with van der Waals surface area (Å²) in [6.07, 6.45) is 5.41. The zero-order chi connectivity index (χ0) is 43.9. The van der Waals surface area contributed by atoms with Crippen molar-refractivity contribution in [3.05, 3.63) is 63.4 Å². The SMILES string of the molecule is C[C@H]1CN(c2ccc3c(C4CCC(=O)NC4=O)nn(C)c3c2)CCN1CC1CCN(c2ncc(Cl)c(Nc3cc4c5c(c(=O)n(C)c4cc3F)OCC(F)(F)[C@H](C3CC3)N5)n2)CC1. The second-order valence-corrected chi connectivity index (χ2v) is 18.3. The molecule has 3 aromatic heterocycles. The number of piperidine rings is 2. The van der Waals surface area contributed by atoms with Crippen LogP contribution in [0.3, 0.4) is 0 Å². The Bertz CT molecular complexity index is 2720. The number of alkyl halides is 2. The number of piperazine rings is 1. The third-order valence-corrected chi connectivity index (χ3v) is 13.9. The Morgan fingerprint density at radius 2 is 1.76 bits per heavy atom. The molecule has 0 bridgehead atoms. The molecule has 1 saturated carbocycles. The molecule has 19 heteroatoms. The first-order chi connectivity index (χ1) is 30.2. The number of anilines is 5. The molecule has 3 atom stereocenters. The molecular formula is C44H49ClF3N11O4. The van der Waals surface area contributed by atoms with Gasteiger partial charge in [0.2, 0.25) is 23.5 Å². The van der Waals surface area contributed by atoms with E-state index >= 15 is 13.2 Å². The van der Waals surface area contributed by atoms with Crippen LogP contribution in [0.25, 0.3) is 21.8 Å². The smallest absolute Gasteiger partial charge is 0.301 e. The summed E-state index contributed by atoms with van der Waals surface area (Å²) < 4.78 is 54.6. The Morgan fingerprint density at radius 3 is 2.51 bits per heavy atom. The second kappa shape index (κ2) is 15.9. The first-order valence-electron chi connectivity index (χ1n) is 21.7. The highest BCUT2D eigenvalue weighted by molar-refractivity contribution is 6.33. The van der Waals surface area contributed by atoms with Crippen LogP contribution in [-0.4, -0.2) is 105 Å². The van der Waals surface area contributed by atoms with Crippen molar-refractivity contribution in [2.45, 2.75) is 69.4 Å². The highest BCUT2D eigenvalue weighted by Gasteiger charge is 2.51. The Morgan fingerprint density at radius 1 is 0.968 bits per heavy atom. The minimum absolute atomic E-state index is 0.0000433. The van der Waals surface area contributed by atoms with Gasteiger partial charge in [-0.2, -0.15) is 10.1 Å². The van der Waals surface area contributed by atoms with Gasteiger partial charge >= 0.3 is 5.92 Å². The minimum Gasteiger partial charge on any atom is -0.480 e. The Hall–Kier alpha value is -5.62. The minimum atomic E-state index is -3.21. The number of nitrogens with zero attached hydrogens (tertiary/aromatic N) is 8. The van der Waals surface area contributed by atoms with Gasteiger partial charge < -0.3 is 29.7 Å². The molecule has 1 aliphatic carbocycles. The molecule has 4 fully saturated rings. The van der Waals surface area contributed by atoms with Gasteiger partial charge in [0.15, 0.2) is 12.4 Å². The lowest BCUT2D eigenvalue weighted by Gasteiger charge is -2.43. The molecule has 0 radical (unpaired) electrons. The molecule has 332 valence electrons. The molecule has 7 heterocycles. The summed E-state index contributed by atoms with van der Waals surface area (Å²) in [5, 5.41) is 14.6. The Kier molecular flexibility index (Phi) is 10.4. The fourth-order valence-electron chi connectivity index (χ4n) is 9.87. The van der Waals surface area contributed by atoms with Crippen molar-refractivity contribution in [1.82, 2.24) is 34.5 Å². The van der Waals surface area contributed by atoms with E-state index in [-0.39, 0.29) is 51.2 Å². The van der Waals surface area contributed by atoms with Crippen LogP contribution in [0.5, 0.6) is 5.75 Å². The summed E-state index contributed by atoms with van der Waals surface area (Å²) in [6, 6.07) is 8.07. The summed E-state index contributed by atoms with van der Waals surface area (Å²) in [4.78, 5) is 53.9. The predicted octanol–water partition coefficient (Wildman–Crippen LogP) is 5.92. The molecule has 3 saturated heterocycles. The lowest BCUT2D eigenvalue weighted by Crippen LogP contribution is -2.53. The number of carbonyl (C=O) groups is 2. The van der Waals surface area contributed by atoms with Crippen molar-refractivity contribution in [2.24, 2.45) is 25.9 Å². The Labute approximate surface area is 365 Å². The fraction of sp³-hybridized carbons (Fsp3) is 0.500. The first kappa shape index (κ1) is 41.4. The summed E-state index contributed by atoms with van der Waals surface area (Å²) in [5.41, 5.74) is 2.48. The van der Waals surface area contributed by atoms with Crippen LogP contribution in [0.2, 0.25) is 5.02 Å². The van der Waals surface area contributed by atoms with Crippen molar-refractivity contribution >= 4 is 74.0 Å². The molecule has 5 aliphatic rings. The summed E-state index contributed by atoms with van der Waals surface area (Å²) in [5.74, 6) is -4.22. The van der Waals surface area contributed by atoms with Gasteiger partial charge in [-0.05, 0) is 75.1 Å². The predicted molar refractivity (Wildman–Crippen MR) is 234 cm³/mol. The third kappa shape index (κ3) is 7.68. The first-order valence-corrected chi connectivity index (χ1v) is 22.1. The van der Waals surface area contributed by atoms with Gasteiger partial charge in [-0.25, -0.2) is 18.2 Å². The lowest BCUT2D eigenvalue weighted by molar-refractivity contribution is -0.134. The van der Waals surface area contributed by atoms with Crippen LogP contribution in [0.4, 0.5) is 42.0 Å². The molecule has 2 aromatic carbocycles. The molecule has 4 aliphatic heterocycles. The number of ether oxygens (including phenoxy) is 1. The molecule has 2 amide bonds. The molecule has 15 nitrogen and oxygen atoms in total. The summed E-state index contributed by atoms with van der Waals surface area (Å²) in [7, 11) is 3.34. The zero-order valence-electron chi connectivity index (χ0n) is 35.3. The molecule has 1 unspecified atom stereocenters. The molecular weight excluding hydrogens is 839 g/mol. The maximum absolute atomic E-state index is 15.8. The van der Waals surface area contributed by atoms with Gasteiger partial charge in [-0.15, -0.1) is 0 Å². The van der Waals surface area contributed by atoms with Crippen molar-refractivity contribution < 1.29 is 27.5 Å². The number of fused-ring (bicyclic) bond motifs is 4. The molecule has 10 rings (SSSR count). The van der Waals surface area contributed by atoms with E-state index in [1.165, 1.54) is 29.9 Å². The highest BCUT2D eigenvalue weighted by atomic mass is 35.5. The number of amides is 2. The normalized spacial score (nSPS) is 23.3. The van der Waals surface area contributed by atoms with Crippen LogP contribution in [0.1, 0.15) is 57.1 Å². The van der Waals surface area contributed by atoms with Crippen molar-refractivity contribution in [2.75, 3.05) is 66.3 Å². The van der Waals surface area contributed by atoms with Crippen molar-refractivity contribution in [1.29, 1.82) is 0 Å². The zero-order valence-corrected chi connectivity index (χ0v) is 36.0. The lowest BCUT2D eigenvalue weighted by atomic mass is 9.92. The van der Waals surface area contributed by atoms with Crippen LogP contribution >= 0.6 is 11.6 Å². The van der Waals surface area contributed by atoms with Gasteiger partial charge in [0.1, 0.15) is 10.8 Å². The quantitative estimate of drug-likeness (QED) is 0.159. The number of carbonyl (C=O) groups excluding carboxylic acids is 2. The third-order valence-electron chi connectivity index (χ3n) is 13.6. The number of rotatable bonds is 8. The van der Waals surface area contributed by atoms with Crippen molar-refractivity contribution in [3.8, 4) is 5.75 Å². The number of hydrogen-bond donors (Lipinski definition) is 3. The molecule has 5 aromatic rings. The van der Waals surface area contributed by atoms with E-state index in [4.69, 9.17) is 26.4 Å². The van der Waals surface area contributed by atoms with E-state index in [0.29, 0.717) is 54.7 Å². The van der Waals surface area contributed by atoms with E-state index in [0.717, 1.165) is 68.7 Å². The second-order valence-electron chi connectivity index (χ2n) is 17.9. The van der Waals surface area contributed by atoms with Crippen LogP contribution in [0, 0.1) is 17.7 Å². The highest BCUT2D eigenvalue weighted by Crippen LogP contribution is 2.46. The average molecular weight is 888 g/mol. The molecule has 63 heavy (non-hydrogen) atoms. The number of aryl methyl sites for hydroxylation is 2. The van der Waals surface area contributed by atoms with E-state index < -0.39 is 35.9 Å². The molecule has 0 spiro atoms. The van der Waals surface area contributed by atoms with Crippen LogP contribution in [-0.2, 0) is 23.7 Å². The standard InChI is InChI=1S/C44H49ClF3N11O4/c1-23-20-59(26-6-7-27-34(16-26)56(3)54-36(27)28-8-9-35(60)51-41(28)61)15-14-58(23)21-24-10-12-57(13-11-24)43-49-19-30(45)40(53-43)50-32-17-29-33(18-31(32)46)55(2)42(62)38-37(29)52-39(25-4-5-25)44(47,48)22-63-38/h6-7,16-19,23-25,28,39,52H,4-5,8-15,20-22H2,1-3H3,(H,49,50,53)(H,51,60,61)/t23-,28?,39-/m0/s1. The molecule has 3 N–H and O–H groups in total. The van der Waals surface area contributed by atoms with E-state index in [9.17, 15) is 14.4 Å². The van der Waals surface area contributed by atoms with E-state index in [1.807, 2.05) is 11.7 Å². The van der Waals surface area contributed by atoms with Gasteiger partial charge in [-0.1, -0.05) is 11.6 Å². The monoisotopic (exact) mass is 887 g/mol. The van der Waals surface area contributed by atoms with E-state index in [2.05, 4.69) is 60.8 Å². The van der Waals surface area contributed by atoms with Gasteiger partial charge in [0.25, 0.3) is 5.56 Å². The van der Waals surface area contributed by atoms with Crippen molar-refractivity contribution in [3.63, 3.8) is 0 Å². The summed E-state index contributed by atoms with van der Waals surface area (Å²) >= 11 is 6.57. The van der Waals surface area contributed by atoms with Gasteiger partial charge in [0.05, 0.1) is 46.3 Å². The average Bonchev–Trinajstić information content (AvgIpc) is 4.07. The Balaban J connectivity index is 0.785. The number of pyridine rings is 1.